The quantitative estimate of drug-likeness (QED) is 0.0996. The van der Waals surface area contributed by atoms with E-state index in [0.717, 1.165) is 0 Å². The Morgan fingerprint density at radius 3 is 1.42 bits per heavy atom. The van der Waals surface area contributed by atoms with Crippen molar-refractivity contribution in [1.82, 2.24) is 10.6 Å². The molecule has 0 spiro atoms. The van der Waals surface area contributed by atoms with E-state index in [0.29, 0.717) is 0 Å². The fourth-order valence-electron chi connectivity index (χ4n) is 2.06. The van der Waals surface area contributed by atoms with Crippen molar-refractivity contribution in [1.29, 1.82) is 0 Å². The number of hydrogen-bond acceptors (Lipinski definition) is 11. The average Bonchev–Trinajstić information content (AvgIpc) is 2.79. The summed E-state index contributed by atoms with van der Waals surface area (Å²) in [4.78, 5) is 69.4. The Morgan fingerprint density at radius 2 is 1.06 bits per heavy atom. The van der Waals surface area contributed by atoms with Crippen molar-refractivity contribution in [3.8, 4) is 0 Å². The maximum absolute atomic E-state index is 12.0. The molecule has 0 aliphatic carbocycles. The van der Waals surface area contributed by atoms with Gasteiger partial charge in [-0.05, 0) is 27.7 Å². The number of alkyl carbamates (subject to hydrolysis) is 2. The first-order valence-corrected chi connectivity index (χ1v) is 10.9. The van der Waals surface area contributed by atoms with Crippen LogP contribution in [0.4, 0.5) is 9.59 Å². The largest absolute Gasteiger partial charge is 0.464 e. The normalized spacial score (nSPS) is 10.3. The Kier molecular flexibility index (Phi) is 14.9. The van der Waals surface area contributed by atoms with E-state index in [-0.39, 0.29) is 57.3 Å². The van der Waals surface area contributed by atoms with Gasteiger partial charge in [-0.15, -0.1) is 0 Å². The number of amides is 2. The molecule has 2 amide bonds. The van der Waals surface area contributed by atoms with Crippen molar-refractivity contribution in [3.05, 3.63) is 24.3 Å². The van der Waals surface area contributed by atoms with Crippen LogP contribution in [0.1, 0.15) is 34.1 Å². The number of Topliss-reactive ketones (excluding diaryl/α,β-unsaturated/α-hetero) is 1. The summed E-state index contributed by atoms with van der Waals surface area (Å²) in [5.41, 5.74) is -0.742. The highest BCUT2D eigenvalue weighted by Crippen LogP contribution is 2.19. The zero-order chi connectivity index (χ0) is 27.7. The van der Waals surface area contributed by atoms with E-state index >= 15 is 0 Å². The van der Waals surface area contributed by atoms with E-state index in [1.54, 1.807) is 0 Å². The number of hydrogen-bond donors (Lipinski definition) is 2. The maximum Gasteiger partial charge on any atom is 0.407 e. The summed E-state index contributed by atoms with van der Waals surface area (Å²) in [7, 11) is 0. The standard InChI is InChI=1S/C23H34N2O11/c1-15(2)19(28)32-9-7-24-21(30)35-13-23(6,12-34-18(27)11-17(5)26)14-36-22(31)25-8-10-33-20(29)16(3)4/h1,3,7-14H2,2,4-6H3,(H,24,30)(H,25,31). The highest BCUT2D eigenvalue weighted by atomic mass is 16.6. The Bertz CT molecular complexity index is 801. The summed E-state index contributed by atoms with van der Waals surface area (Å²) >= 11 is 0. The van der Waals surface area contributed by atoms with Crippen LogP contribution >= 0.6 is 0 Å². The van der Waals surface area contributed by atoms with Gasteiger partial charge in [0, 0.05) is 11.1 Å². The number of carbonyl (C=O) groups excluding carboxylic acids is 6. The monoisotopic (exact) mass is 514 g/mol. The summed E-state index contributed by atoms with van der Waals surface area (Å²) in [6, 6.07) is 0. The molecule has 0 aromatic rings. The first kappa shape index (κ1) is 32.1. The number of ether oxygens (including phenoxy) is 5. The average molecular weight is 515 g/mol. The Morgan fingerprint density at radius 1 is 0.667 bits per heavy atom. The predicted octanol–water partition coefficient (Wildman–Crippen LogP) is 1.21. The molecule has 0 heterocycles. The molecule has 0 bridgehead atoms. The maximum atomic E-state index is 12.0. The van der Waals surface area contributed by atoms with Gasteiger partial charge in [0.1, 0.15) is 45.2 Å². The Labute approximate surface area is 209 Å². The van der Waals surface area contributed by atoms with Gasteiger partial charge in [0.05, 0.1) is 18.5 Å². The molecule has 13 heteroatoms. The lowest BCUT2D eigenvalue weighted by Crippen LogP contribution is -2.40. The molecule has 0 aromatic carbocycles. The van der Waals surface area contributed by atoms with Gasteiger partial charge in [-0.1, -0.05) is 13.2 Å². The third-order valence-corrected chi connectivity index (χ3v) is 3.98. The Balaban J connectivity index is 4.72. The van der Waals surface area contributed by atoms with Crippen molar-refractivity contribution in [3.63, 3.8) is 0 Å². The fourth-order valence-corrected chi connectivity index (χ4v) is 2.06. The molecule has 202 valence electrons. The lowest BCUT2D eigenvalue weighted by molar-refractivity contribution is -0.150. The van der Waals surface area contributed by atoms with Crippen molar-refractivity contribution in [2.24, 2.45) is 5.41 Å². The summed E-state index contributed by atoms with van der Waals surface area (Å²) in [6.07, 6.45) is -2.15. The van der Waals surface area contributed by atoms with Crippen LogP contribution in [0.2, 0.25) is 0 Å². The highest BCUT2D eigenvalue weighted by Gasteiger charge is 2.31. The first-order valence-electron chi connectivity index (χ1n) is 10.9. The van der Waals surface area contributed by atoms with Gasteiger partial charge < -0.3 is 34.3 Å². The number of rotatable bonds is 16. The van der Waals surface area contributed by atoms with Crippen molar-refractivity contribution in [2.45, 2.75) is 34.1 Å². The van der Waals surface area contributed by atoms with Gasteiger partial charge in [0.15, 0.2) is 0 Å². The van der Waals surface area contributed by atoms with Crippen LogP contribution in [0, 0.1) is 5.41 Å². The molecule has 13 nitrogen and oxygen atoms in total. The minimum absolute atomic E-state index is 0.0307. The second kappa shape index (κ2) is 16.7. The molecule has 0 rings (SSSR count). The molecule has 2 N–H and O–H groups in total. The van der Waals surface area contributed by atoms with Gasteiger partial charge in [-0.25, -0.2) is 19.2 Å². The molecule has 0 radical (unpaired) electrons. The summed E-state index contributed by atoms with van der Waals surface area (Å²) in [6.45, 7) is 11.3. The number of nitrogens with one attached hydrogen (secondary N) is 2. The molecule has 0 fully saturated rings. The molecular formula is C23H34N2O11. The lowest BCUT2D eigenvalue weighted by Gasteiger charge is -2.28. The van der Waals surface area contributed by atoms with Gasteiger partial charge in [-0.3, -0.25) is 9.59 Å². The molecule has 0 aliphatic rings. The van der Waals surface area contributed by atoms with E-state index in [2.05, 4.69) is 23.8 Å². The summed E-state index contributed by atoms with van der Waals surface area (Å²) < 4.78 is 25.0. The summed E-state index contributed by atoms with van der Waals surface area (Å²) in [5.74, 6) is -2.39. The molecule has 0 saturated heterocycles. The molecule has 0 saturated carbocycles. The molecule has 0 unspecified atom stereocenters. The Hall–Kier alpha value is -3.90. The van der Waals surface area contributed by atoms with Crippen LogP contribution in [0.15, 0.2) is 24.3 Å². The molecule has 0 aliphatic heterocycles. The van der Waals surface area contributed by atoms with Gasteiger partial charge >= 0.3 is 30.1 Å². The van der Waals surface area contributed by atoms with Gasteiger partial charge in [0.2, 0.25) is 0 Å². The van der Waals surface area contributed by atoms with Crippen LogP contribution in [-0.2, 0) is 42.9 Å². The van der Waals surface area contributed by atoms with E-state index in [1.165, 1.54) is 27.7 Å². The lowest BCUT2D eigenvalue weighted by atomic mass is 9.94. The zero-order valence-corrected chi connectivity index (χ0v) is 21.1. The predicted molar refractivity (Wildman–Crippen MR) is 125 cm³/mol. The van der Waals surface area contributed by atoms with Crippen LogP contribution < -0.4 is 10.6 Å². The molecular weight excluding hydrogens is 480 g/mol. The van der Waals surface area contributed by atoms with E-state index in [4.69, 9.17) is 23.7 Å². The number of esters is 3. The minimum Gasteiger partial charge on any atom is -0.464 e. The van der Waals surface area contributed by atoms with E-state index in [9.17, 15) is 28.8 Å². The third-order valence-electron chi connectivity index (χ3n) is 3.98. The van der Waals surface area contributed by atoms with Crippen molar-refractivity contribution >= 4 is 35.9 Å². The number of ketones is 1. The zero-order valence-electron chi connectivity index (χ0n) is 21.1. The third kappa shape index (κ3) is 15.9. The summed E-state index contributed by atoms with van der Waals surface area (Å²) in [5, 5.41) is 4.74. The second-order valence-corrected chi connectivity index (χ2v) is 8.19. The van der Waals surface area contributed by atoms with Crippen LogP contribution in [0.5, 0.6) is 0 Å². The second-order valence-electron chi connectivity index (χ2n) is 8.19. The smallest absolute Gasteiger partial charge is 0.407 e. The van der Waals surface area contributed by atoms with Crippen LogP contribution in [0.3, 0.4) is 0 Å². The molecule has 0 aromatic heterocycles. The minimum atomic E-state index is -1.17. The van der Waals surface area contributed by atoms with Crippen molar-refractivity contribution in [2.75, 3.05) is 46.1 Å². The SMILES string of the molecule is C=C(C)C(=O)OCCNC(=O)OCC(C)(COC(=O)CC(C)=O)COC(=O)NCCOC(=O)C(=C)C. The topological polar surface area (TPSA) is 173 Å². The highest BCUT2D eigenvalue weighted by molar-refractivity contribution is 5.94. The van der Waals surface area contributed by atoms with Gasteiger partial charge in [0.25, 0.3) is 0 Å². The number of carbonyl (C=O) groups is 6. The van der Waals surface area contributed by atoms with Crippen molar-refractivity contribution < 1.29 is 52.5 Å². The molecule has 0 atom stereocenters. The van der Waals surface area contributed by atoms with E-state index < -0.39 is 47.7 Å². The molecule has 36 heavy (non-hydrogen) atoms. The van der Waals surface area contributed by atoms with E-state index in [1.807, 2.05) is 0 Å². The van der Waals surface area contributed by atoms with Crippen LogP contribution in [0.25, 0.3) is 0 Å². The first-order chi connectivity index (χ1) is 16.8. The fraction of sp³-hybridized carbons (Fsp3) is 0.565. The van der Waals surface area contributed by atoms with Crippen LogP contribution in [-0.4, -0.2) is 82.0 Å². The van der Waals surface area contributed by atoms with Gasteiger partial charge in [-0.2, -0.15) is 0 Å².